The van der Waals surface area contributed by atoms with Gasteiger partial charge in [0, 0.05) is 32.7 Å². The molecular formula is C26H52N4O6. The lowest BCUT2D eigenvalue weighted by Crippen LogP contribution is -2.47. The van der Waals surface area contributed by atoms with Crippen molar-refractivity contribution in [2.75, 3.05) is 132 Å². The number of unbranched alkanes of at least 4 members (excludes halogenated alkanes) is 1. The monoisotopic (exact) mass is 516 g/mol. The quantitative estimate of drug-likeness (QED) is 0.107. The van der Waals surface area contributed by atoms with Crippen molar-refractivity contribution in [3.63, 3.8) is 0 Å². The van der Waals surface area contributed by atoms with E-state index in [-0.39, 0.29) is 19.3 Å². The molecule has 1 aliphatic rings. The molecule has 0 amide bonds. The third kappa shape index (κ3) is 17.6. The number of rotatable bonds is 25. The maximum atomic E-state index is 9.55. The van der Waals surface area contributed by atoms with Gasteiger partial charge in [0.2, 0.25) is 0 Å². The molecule has 0 unspecified atom stereocenters. The zero-order valence-corrected chi connectivity index (χ0v) is 22.6. The van der Waals surface area contributed by atoms with Gasteiger partial charge in [-0.2, -0.15) is 0 Å². The van der Waals surface area contributed by atoms with E-state index in [1.807, 2.05) is 7.05 Å². The minimum atomic E-state index is -0.150. The van der Waals surface area contributed by atoms with Crippen molar-refractivity contribution in [3.05, 3.63) is 0 Å². The van der Waals surface area contributed by atoms with E-state index in [1.54, 1.807) is 0 Å². The molecule has 0 spiro atoms. The second kappa shape index (κ2) is 24.5. The normalized spacial score (nSPS) is 15.2. The zero-order valence-electron chi connectivity index (χ0n) is 22.6. The lowest BCUT2D eigenvalue weighted by atomic mass is 10.2. The van der Waals surface area contributed by atoms with E-state index in [4.69, 9.17) is 25.4 Å². The zero-order chi connectivity index (χ0) is 26.1. The second-order valence-corrected chi connectivity index (χ2v) is 9.00. The van der Waals surface area contributed by atoms with Crippen molar-refractivity contribution in [1.29, 1.82) is 0 Å². The number of piperazine rings is 1. The van der Waals surface area contributed by atoms with Gasteiger partial charge in [0.1, 0.15) is 6.61 Å². The van der Waals surface area contributed by atoms with Gasteiger partial charge in [0.05, 0.1) is 65.5 Å². The smallest absolute Gasteiger partial charge is 0.107 e. The Morgan fingerprint density at radius 2 is 1.31 bits per heavy atom. The van der Waals surface area contributed by atoms with Gasteiger partial charge in [0.25, 0.3) is 0 Å². The van der Waals surface area contributed by atoms with Crippen molar-refractivity contribution in [2.45, 2.75) is 25.3 Å². The number of hydrogen-bond acceptors (Lipinski definition) is 10. The fourth-order valence-electron chi connectivity index (χ4n) is 4.10. The highest BCUT2D eigenvalue weighted by molar-refractivity contribution is 4.82. The van der Waals surface area contributed by atoms with E-state index >= 15 is 0 Å². The number of nitrogens with zero attached hydrogens (tertiary/aromatic N) is 3. The van der Waals surface area contributed by atoms with Crippen molar-refractivity contribution in [1.82, 2.24) is 20.0 Å². The molecule has 36 heavy (non-hydrogen) atoms. The Labute approximate surface area is 219 Å². The largest absolute Gasteiger partial charge is 0.395 e. The van der Waals surface area contributed by atoms with Crippen LogP contribution in [-0.4, -0.2) is 163 Å². The van der Waals surface area contributed by atoms with Crippen molar-refractivity contribution in [3.8, 4) is 12.3 Å². The fraction of sp³-hybridized carbons (Fsp3) is 0.923. The molecule has 0 radical (unpaired) electrons. The summed E-state index contributed by atoms with van der Waals surface area (Å²) < 4.78 is 21.7. The molecule has 0 aromatic heterocycles. The van der Waals surface area contributed by atoms with E-state index in [0.29, 0.717) is 46.2 Å². The molecule has 10 nitrogen and oxygen atoms in total. The van der Waals surface area contributed by atoms with E-state index < -0.39 is 0 Å². The number of aliphatic hydroxyl groups is 2. The van der Waals surface area contributed by atoms with Crippen LogP contribution in [0.3, 0.4) is 0 Å². The molecule has 1 rings (SSSR count). The highest BCUT2D eigenvalue weighted by Crippen LogP contribution is 2.07. The van der Waals surface area contributed by atoms with Gasteiger partial charge in [-0.05, 0) is 52.5 Å². The van der Waals surface area contributed by atoms with Gasteiger partial charge < -0.3 is 39.4 Å². The predicted octanol–water partition coefficient (Wildman–Crippen LogP) is -0.651. The van der Waals surface area contributed by atoms with Crippen molar-refractivity contribution in [2.24, 2.45) is 0 Å². The molecule has 0 saturated carbocycles. The van der Waals surface area contributed by atoms with Crippen LogP contribution in [0.4, 0.5) is 0 Å². The Bertz CT molecular complexity index is 513. The van der Waals surface area contributed by atoms with Crippen LogP contribution in [0.2, 0.25) is 0 Å². The maximum Gasteiger partial charge on any atom is 0.107 e. The molecular weight excluding hydrogens is 464 g/mol. The number of terminal acetylenes is 1. The lowest BCUT2D eigenvalue weighted by Gasteiger charge is -2.35. The van der Waals surface area contributed by atoms with Crippen LogP contribution >= 0.6 is 0 Å². The van der Waals surface area contributed by atoms with Crippen LogP contribution in [0.25, 0.3) is 0 Å². The van der Waals surface area contributed by atoms with E-state index in [0.717, 1.165) is 84.8 Å². The molecule has 0 atom stereocenters. The molecule has 1 heterocycles. The van der Waals surface area contributed by atoms with Crippen LogP contribution in [0.15, 0.2) is 0 Å². The summed E-state index contributed by atoms with van der Waals surface area (Å²) in [6, 6.07) is -0.150. The standard InChI is InChI=1S/C26H52N4O6/c1-3-16-33-18-20-35-22-23-36-21-19-34-17-15-29-13-11-28(12-14-29)8-4-5-9-30(10-6-7-27-2)26(24-31)25-32/h1,26-27,31-32H,4-25H2,2H3. The Morgan fingerprint density at radius 3 is 1.86 bits per heavy atom. The van der Waals surface area contributed by atoms with Crippen molar-refractivity contribution < 1.29 is 29.2 Å². The van der Waals surface area contributed by atoms with Crippen LogP contribution in [0.5, 0.6) is 0 Å². The summed E-state index contributed by atoms with van der Waals surface area (Å²) in [7, 11) is 1.95. The highest BCUT2D eigenvalue weighted by atomic mass is 16.6. The average Bonchev–Trinajstić information content (AvgIpc) is 2.90. The molecule has 1 aliphatic heterocycles. The van der Waals surface area contributed by atoms with E-state index in [1.165, 1.54) is 0 Å². The van der Waals surface area contributed by atoms with Crippen LogP contribution in [0.1, 0.15) is 19.3 Å². The third-order valence-corrected chi connectivity index (χ3v) is 6.30. The van der Waals surface area contributed by atoms with Gasteiger partial charge in [-0.1, -0.05) is 5.92 Å². The Kier molecular flexibility index (Phi) is 22.6. The van der Waals surface area contributed by atoms with Gasteiger partial charge >= 0.3 is 0 Å². The molecule has 3 N–H and O–H groups in total. The Balaban J connectivity index is 1.97. The Morgan fingerprint density at radius 1 is 0.778 bits per heavy atom. The van der Waals surface area contributed by atoms with Gasteiger partial charge in [-0.3, -0.25) is 9.80 Å². The first kappa shape index (κ1) is 33.2. The first-order valence-corrected chi connectivity index (χ1v) is 13.5. The minimum Gasteiger partial charge on any atom is -0.395 e. The summed E-state index contributed by atoms with van der Waals surface area (Å²) >= 11 is 0. The summed E-state index contributed by atoms with van der Waals surface area (Å²) in [5.74, 6) is 2.41. The number of aliphatic hydroxyl groups excluding tert-OH is 2. The first-order chi connectivity index (χ1) is 17.7. The topological polar surface area (TPSA) is 99.1 Å². The van der Waals surface area contributed by atoms with Gasteiger partial charge in [-0.15, -0.1) is 6.42 Å². The Hall–Kier alpha value is -0.840. The molecule has 0 aromatic rings. The van der Waals surface area contributed by atoms with Crippen LogP contribution in [0, 0.1) is 12.3 Å². The lowest BCUT2D eigenvalue weighted by molar-refractivity contribution is -0.00260. The number of nitrogens with one attached hydrogen (secondary N) is 1. The van der Waals surface area contributed by atoms with E-state index in [2.05, 4.69) is 25.9 Å². The summed E-state index contributed by atoms with van der Waals surface area (Å²) in [6.07, 6.45) is 8.34. The second-order valence-electron chi connectivity index (χ2n) is 9.00. The number of hydrogen-bond donors (Lipinski definition) is 3. The van der Waals surface area contributed by atoms with Gasteiger partial charge in [0.15, 0.2) is 0 Å². The molecule has 212 valence electrons. The molecule has 10 heteroatoms. The third-order valence-electron chi connectivity index (χ3n) is 6.30. The number of ether oxygens (including phenoxy) is 4. The molecule has 0 bridgehead atoms. The predicted molar refractivity (Wildman–Crippen MR) is 142 cm³/mol. The summed E-state index contributed by atoms with van der Waals surface area (Å²) in [6.45, 7) is 13.6. The molecule has 0 aromatic carbocycles. The summed E-state index contributed by atoms with van der Waals surface area (Å²) in [4.78, 5) is 7.23. The van der Waals surface area contributed by atoms with Crippen molar-refractivity contribution >= 4 is 0 Å². The van der Waals surface area contributed by atoms with E-state index in [9.17, 15) is 10.2 Å². The molecule has 1 saturated heterocycles. The molecule has 1 fully saturated rings. The SMILES string of the molecule is C#CCOCCOCCOCCOCCN1CCN(CCCCN(CCCNC)C(CO)CO)CC1. The fourth-order valence-corrected chi connectivity index (χ4v) is 4.10. The first-order valence-electron chi connectivity index (χ1n) is 13.5. The molecule has 0 aliphatic carbocycles. The van der Waals surface area contributed by atoms with Crippen LogP contribution in [-0.2, 0) is 18.9 Å². The highest BCUT2D eigenvalue weighted by Gasteiger charge is 2.18. The average molecular weight is 517 g/mol. The van der Waals surface area contributed by atoms with Crippen LogP contribution < -0.4 is 5.32 Å². The minimum absolute atomic E-state index is 0.00849. The summed E-state index contributed by atoms with van der Waals surface area (Å²) in [5, 5.41) is 22.3. The van der Waals surface area contributed by atoms with Gasteiger partial charge in [-0.25, -0.2) is 0 Å². The summed E-state index contributed by atoms with van der Waals surface area (Å²) in [5.41, 5.74) is 0. The maximum absolute atomic E-state index is 9.55.